The molecular formula is C16H20N4O4. The zero-order valence-electron chi connectivity index (χ0n) is 13.7. The van der Waals surface area contributed by atoms with Gasteiger partial charge >= 0.3 is 5.97 Å². The molecule has 8 heteroatoms. The molecule has 0 saturated heterocycles. The van der Waals surface area contributed by atoms with Crippen LogP contribution in [0.5, 0.6) is 5.75 Å². The topological polar surface area (TPSA) is 106 Å². The van der Waals surface area contributed by atoms with Crippen molar-refractivity contribution in [3.8, 4) is 5.75 Å². The van der Waals surface area contributed by atoms with Crippen molar-refractivity contribution in [2.45, 2.75) is 33.4 Å². The molecule has 24 heavy (non-hydrogen) atoms. The Morgan fingerprint density at radius 1 is 1.33 bits per heavy atom. The van der Waals surface area contributed by atoms with Crippen molar-refractivity contribution in [2.75, 3.05) is 6.61 Å². The van der Waals surface area contributed by atoms with E-state index in [0.29, 0.717) is 5.69 Å². The molecule has 8 nitrogen and oxygen atoms in total. The summed E-state index contributed by atoms with van der Waals surface area (Å²) in [7, 11) is 0. The van der Waals surface area contributed by atoms with E-state index in [4.69, 9.17) is 9.84 Å². The molecule has 2 N–H and O–H groups in total. The molecule has 0 unspecified atom stereocenters. The van der Waals surface area contributed by atoms with Gasteiger partial charge in [0.25, 0.3) is 0 Å². The lowest BCUT2D eigenvalue weighted by atomic mass is 10.1. The van der Waals surface area contributed by atoms with Gasteiger partial charge in [-0.3, -0.25) is 9.59 Å². The van der Waals surface area contributed by atoms with E-state index < -0.39 is 5.97 Å². The number of carbonyl (C=O) groups excluding carboxylic acids is 1. The summed E-state index contributed by atoms with van der Waals surface area (Å²) < 4.78 is 6.81. The number of hydrogen-bond donors (Lipinski definition) is 2. The summed E-state index contributed by atoms with van der Waals surface area (Å²) in [6, 6.07) is 5.88. The molecule has 0 spiro atoms. The normalized spacial score (nSPS) is 10.4. The highest BCUT2D eigenvalue weighted by Crippen LogP contribution is 2.18. The number of nitrogens with zero attached hydrogens (tertiary/aromatic N) is 3. The number of rotatable bonds is 8. The van der Waals surface area contributed by atoms with Crippen LogP contribution in [0.3, 0.4) is 0 Å². The first-order valence-corrected chi connectivity index (χ1v) is 7.51. The number of aromatic nitrogens is 3. The third kappa shape index (κ3) is 5.38. The number of carboxylic acids is 1. The molecule has 0 aliphatic carbocycles. The largest absolute Gasteiger partial charge is 0.493 e. The molecule has 0 aliphatic heterocycles. The van der Waals surface area contributed by atoms with Gasteiger partial charge in [0.05, 0.1) is 25.8 Å². The highest BCUT2D eigenvalue weighted by Gasteiger charge is 2.07. The maximum absolute atomic E-state index is 11.8. The maximum atomic E-state index is 11.8. The van der Waals surface area contributed by atoms with Crippen LogP contribution < -0.4 is 10.1 Å². The van der Waals surface area contributed by atoms with Crippen LogP contribution in [0.4, 0.5) is 0 Å². The lowest BCUT2D eigenvalue weighted by Gasteiger charge is -2.09. The van der Waals surface area contributed by atoms with E-state index in [-0.39, 0.29) is 32.0 Å². The molecule has 2 aromatic rings. The first kappa shape index (κ1) is 17.5. The fourth-order valence-corrected chi connectivity index (χ4v) is 2.13. The van der Waals surface area contributed by atoms with Crippen LogP contribution in [0, 0.1) is 13.8 Å². The molecule has 0 atom stereocenters. The van der Waals surface area contributed by atoms with Crippen molar-refractivity contribution in [2.24, 2.45) is 0 Å². The number of nitrogens with one attached hydrogen (secondary N) is 1. The molecule has 0 bridgehead atoms. The monoisotopic (exact) mass is 332 g/mol. The molecule has 0 radical (unpaired) electrons. The number of hydrogen-bond acceptors (Lipinski definition) is 5. The Kier molecular flexibility index (Phi) is 5.89. The lowest BCUT2D eigenvalue weighted by Crippen LogP contribution is -2.24. The zero-order chi connectivity index (χ0) is 17.5. The Morgan fingerprint density at radius 2 is 2.12 bits per heavy atom. The van der Waals surface area contributed by atoms with Crippen molar-refractivity contribution < 1.29 is 19.4 Å². The van der Waals surface area contributed by atoms with Gasteiger partial charge in [-0.2, -0.15) is 0 Å². The van der Waals surface area contributed by atoms with E-state index in [1.807, 2.05) is 32.0 Å². The second-order valence-electron chi connectivity index (χ2n) is 5.45. The molecule has 1 aromatic heterocycles. The summed E-state index contributed by atoms with van der Waals surface area (Å²) >= 11 is 0. The standard InChI is InChI=1S/C16H20N4O4/c1-11-3-4-14(12(2)7-11)24-6-5-15(21)17-8-13-9-20(19-18-13)10-16(22)23/h3-4,7,9H,5-6,8,10H2,1-2H3,(H,17,21)(H,22,23). The second-order valence-corrected chi connectivity index (χ2v) is 5.45. The van der Waals surface area contributed by atoms with E-state index in [9.17, 15) is 9.59 Å². The Bertz CT molecular complexity index is 727. The van der Waals surface area contributed by atoms with E-state index in [0.717, 1.165) is 16.9 Å². The number of carbonyl (C=O) groups is 2. The van der Waals surface area contributed by atoms with Gasteiger partial charge in [0.2, 0.25) is 5.91 Å². The van der Waals surface area contributed by atoms with E-state index in [1.165, 1.54) is 10.9 Å². The van der Waals surface area contributed by atoms with Crippen molar-refractivity contribution in [1.29, 1.82) is 0 Å². The van der Waals surface area contributed by atoms with Crippen molar-refractivity contribution >= 4 is 11.9 Å². The van der Waals surface area contributed by atoms with Crippen LogP contribution in [-0.4, -0.2) is 38.6 Å². The fraction of sp³-hybridized carbons (Fsp3) is 0.375. The third-order valence-corrected chi connectivity index (χ3v) is 3.27. The number of benzene rings is 1. The molecule has 0 saturated carbocycles. The Labute approximate surface area is 139 Å². The Hall–Kier alpha value is -2.90. The smallest absolute Gasteiger partial charge is 0.325 e. The average Bonchev–Trinajstić information content (AvgIpc) is 2.94. The molecule has 0 aliphatic rings. The minimum atomic E-state index is -1.00. The Balaban J connectivity index is 1.71. The van der Waals surface area contributed by atoms with Crippen LogP contribution in [0.2, 0.25) is 0 Å². The minimum Gasteiger partial charge on any atom is -0.493 e. The van der Waals surface area contributed by atoms with Gasteiger partial charge < -0.3 is 15.2 Å². The molecule has 2 rings (SSSR count). The Morgan fingerprint density at radius 3 is 2.83 bits per heavy atom. The number of aryl methyl sites for hydroxylation is 2. The van der Waals surface area contributed by atoms with Crippen molar-refractivity contribution in [3.63, 3.8) is 0 Å². The number of carboxylic acid groups (broad SMARTS) is 1. The molecule has 128 valence electrons. The zero-order valence-corrected chi connectivity index (χ0v) is 13.7. The number of aliphatic carboxylic acids is 1. The van der Waals surface area contributed by atoms with Gasteiger partial charge in [-0.15, -0.1) is 5.10 Å². The third-order valence-electron chi connectivity index (χ3n) is 3.27. The van der Waals surface area contributed by atoms with Crippen LogP contribution in [-0.2, 0) is 22.7 Å². The lowest BCUT2D eigenvalue weighted by molar-refractivity contribution is -0.138. The SMILES string of the molecule is Cc1ccc(OCCC(=O)NCc2cn(CC(=O)O)nn2)c(C)c1. The highest BCUT2D eigenvalue weighted by molar-refractivity contribution is 5.75. The predicted octanol–water partition coefficient (Wildman–Crippen LogP) is 1.06. The van der Waals surface area contributed by atoms with Crippen LogP contribution >= 0.6 is 0 Å². The van der Waals surface area contributed by atoms with Gasteiger partial charge in [0.15, 0.2) is 0 Å². The van der Waals surface area contributed by atoms with Gasteiger partial charge in [-0.1, -0.05) is 22.9 Å². The van der Waals surface area contributed by atoms with Crippen molar-refractivity contribution in [1.82, 2.24) is 20.3 Å². The molecule has 1 heterocycles. The van der Waals surface area contributed by atoms with Gasteiger partial charge in [-0.05, 0) is 25.5 Å². The summed E-state index contributed by atoms with van der Waals surface area (Å²) in [5.74, 6) is -0.406. The van der Waals surface area contributed by atoms with Gasteiger partial charge in [-0.25, -0.2) is 4.68 Å². The summed E-state index contributed by atoms with van der Waals surface area (Å²) in [5.41, 5.74) is 2.69. The second kappa shape index (κ2) is 8.09. The molecule has 1 aromatic carbocycles. The van der Waals surface area contributed by atoms with E-state index in [1.54, 1.807) is 0 Å². The quantitative estimate of drug-likeness (QED) is 0.749. The summed E-state index contributed by atoms with van der Waals surface area (Å²) in [4.78, 5) is 22.3. The van der Waals surface area contributed by atoms with Crippen LogP contribution in [0.15, 0.2) is 24.4 Å². The molecule has 1 amide bonds. The minimum absolute atomic E-state index is 0.174. The van der Waals surface area contributed by atoms with E-state index in [2.05, 4.69) is 15.6 Å². The average molecular weight is 332 g/mol. The summed E-state index contributed by atoms with van der Waals surface area (Å²) in [6.07, 6.45) is 1.71. The summed E-state index contributed by atoms with van der Waals surface area (Å²) in [5, 5.41) is 18.8. The fourth-order valence-electron chi connectivity index (χ4n) is 2.13. The number of ether oxygens (including phenoxy) is 1. The highest BCUT2D eigenvalue weighted by atomic mass is 16.5. The number of amides is 1. The van der Waals surface area contributed by atoms with Crippen LogP contribution in [0.25, 0.3) is 0 Å². The van der Waals surface area contributed by atoms with Crippen molar-refractivity contribution in [3.05, 3.63) is 41.2 Å². The van der Waals surface area contributed by atoms with Gasteiger partial charge in [0.1, 0.15) is 18.0 Å². The van der Waals surface area contributed by atoms with Crippen LogP contribution in [0.1, 0.15) is 23.2 Å². The van der Waals surface area contributed by atoms with Gasteiger partial charge in [0, 0.05) is 0 Å². The molecule has 0 fully saturated rings. The predicted molar refractivity (Wildman–Crippen MR) is 85.5 cm³/mol. The molecular weight excluding hydrogens is 312 g/mol. The first-order valence-electron chi connectivity index (χ1n) is 7.51. The summed E-state index contributed by atoms with van der Waals surface area (Å²) in [6.45, 7) is 4.19. The maximum Gasteiger partial charge on any atom is 0.325 e. The first-order chi connectivity index (χ1) is 11.4. The van der Waals surface area contributed by atoms with E-state index >= 15 is 0 Å².